The summed E-state index contributed by atoms with van der Waals surface area (Å²) in [6.07, 6.45) is 1.38. The van der Waals surface area contributed by atoms with Crippen LogP contribution in [-0.2, 0) is 14.4 Å². The number of primary amides is 1. The lowest BCUT2D eigenvalue weighted by atomic mass is 9.93. The number of nitrogens with one attached hydrogen (secondary N) is 1. The number of hydrogen-bond acceptors (Lipinski definition) is 5. The molecule has 0 spiro atoms. The molecule has 1 saturated heterocycles. The fourth-order valence-electron chi connectivity index (χ4n) is 3.08. The normalized spacial score (nSPS) is 23.7. The molecule has 2 aliphatic heterocycles. The largest absolute Gasteiger partial charge is 0.369 e. The lowest BCUT2D eigenvalue weighted by molar-refractivity contribution is -0.132. The van der Waals surface area contributed by atoms with E-state index in [1.54, 1.807) is 17.0 Å². The van der Waals surface area contributed by atoms with Crippen molar-refractivity contribution in [1.29, 1.82) is 0 Å². The molecule has 8 nitrogen and oxygen atoms in total. The highest BCUT2D eigenvalue weighted by Gasteiger charge is 2.35. The van der Waals surface area contributed by atoms with Crippen molar-refractivity contribution in [2.24, 2.45) is 16.6 Å². The minimum atomic E-state index is -0.399. The van der Waals surface area contributed by atoms with E-state index in [0.29, 0.717) is 18.5 Å². The van der Waals surface area contributed by atoms with Crippen LogP contribution in [0.15, 0.2) is 35.3 Å². The number of amidine groups is 1. The summed E-state index contributed by atoms with van der Waals surface area (Å²) in [6, 6.07) is 8.98. The van der Waals surface area contributed by atoms with E-state index in [2.05, 4.69) is 10.4 Å². The van der Waals surface area contributed by atoms with Gasteiger partial charge in [-0.05, 0) is 31.9 Å². The molecule has 3 N–H and O–H groups in total. The fourth-order valence-corrected chi connectivity index (χ4v) is 3.08. The maximum atomic E-state index is 12.9. The first-order chi connectivity index (χ1) is 12.0. The van der Waals surface area contributed by atoms with Gasteiger partial charge in [0.2, 0.25) is 11.7 Å². The molecule has 0 saturated carbocycles. The van der Waals surface area contributed by atoms with E-state index in [0.717, 1.165) is 0 Å². The molecule has 1 aromatic carbocycles. The molecule has 2 aliphatic rings. The highest BCUT2D eigenvalue weighted by atomic mass is 16.2. The minimum Gasteiger partial charge on any atom is -0.369 e. The molecule has 2 heterocycles. The Labute approximate surface area is 145 Å². The van der Waals surface area contributed by atoms with Crippen LogP contribution in [0.3, 0.4) is 0 Å². The molecule has 8 heteroatoms. The first kappa shape index (κ1) is 16.9. The Kier molecular flexibility index (Phi) is 4.69. The van der Waals surface area contributed by atoms with Gasteiger partial charge in [-0.3, -0.25) is 24.8 Å². The standard InChI is InChI=1S/C17H21N5O3/c1-11-7-8-12(15(18)24)10-21(11)17(25)16-19-9-14(23)22(20-16)13-5-3-2-4-6-13/h2-6,11-12H,7-10H2,1H3,(H2,18,24)(H,19,20). The van der Waals surface area contributed by atoms with E-state index in [4.69, 9.17) is 5.73 Å². The van der Waals surface area contributed by atoms with Crippen molar-refractivity contribution >= 4 is 29.2 Å². The van der Waals surface area contributed by atoms with Gasteiger partial charge in [-0.15, -0.1) is 0 Å². The number of rotatable bonds is 3. The number of para-hydroxylation sites is 1. The van der Waals surface area contributed by atoms with Crippen molar-refractivity contribution in [3.63, 3.8) is 0 Å². The Morgan fingerprint density at radius 1 is 1.24 bits per heavy atom. The summed E-state index contributed by atoms with van der Waals surface area (Å²) in [5.41, 5.74) is 8.84. The van der Waals surface area contributed by atoms with Crippen LogP contribution >= 0.6 is 0 Å². The molecule has 0 radical (unpaired) electrons. The number of carbonyl (C=O) groups is 3. The summed E-state index contributed by atoms with van der Waals surface area (Å²) < 4.78 is 0. The second kappa shape index (κ2) is 6.92. The smallest absolute Gasteiger partial charge is 0.290 e. The van der Waals surface area contributed by atoms with Crippen molar-refractivity contribution < 1.29 is 14.4 Å². The zero-order valence-electron chi connectivity index (χ0n) is 14.0. The molecule has 1 fully saturated rings. The van der Waals surface area contributed by atoms with Gasteiger partial charge in [0.05, 0.1) is 11.6 Å². The second-order valence-corrected chi connectivity index (χ2v) is 6.32. The number of aliphatic imine (C=N–C) groups is 1. The number of hydrazine groups is 1. The lowest BCUT2D eigenvalue weighted by Gasteiger charge is -2.38. The van der Waals surface area contributed by atoms with E-state index >= 15 is 0 Å². The quantitative estimate of drug-likeness (QED) is 0.808. The average Bonchev–Trinajstić information content (AvgIpc) is 2.62. The van der Waals surface area contributed by atoms with Gasteiger partial charge in [0.25, 0.3) is 11.8 Å². The summed E-state index contributed by atoms with van der Waals surface area (Å²) in [6.45, 7) is 2.10. The number of nitrogens with zero attached hydrogens (tertiary/aromatic N) is 3. The molecule has 2 atom stereocenters. The van der Waals surface area contributed by atoms with Crippen molar-refractivity contribution in [1.82, 2.24) is 10.3 Å². The predicted molar refractivity (Wildman–Crippen MR) is 92.5 cm³/mol. The molecule has 0 aliphatic carbocycles. The SMILES string of the molecule is CC1CCC(C(N)=O)CN1C(=O)C1=NCC(=O)N(c2ccccc2)N1. The van der Waals surface area contributed by atoms with Crippen molar-refractivity contribution in [2.75, 3.05) is 18.1 Å². The molecule has 0 bridgehead atoms. The second-order valence-electron chi connectivity index (χ2n) is 6.32. The molecular formula is C17H21N5O3. The number of hydrogen-bond donors (Lipinski definition) is 2. The Balaban J connectivity index is 1.77. The van der Waals surface area contributed by atoms with Crippen LogP contribution in [0.5, 0.6) is 0 Å². The van der Waals surface area contributed by atoms with Gasteiger partial charge in [0.1, 0.15) is 6.54 Å². The topological polar surface area (TPSA) is 108 Å². The van der Waals surface area contributed by atoms with Crippen LogP contribution in [-0.4, -0.2) is 47.6 Å². The molecule has 0 aromatic heterocycles. The van der Waals surface area contributed by atoms with E-state index in [9.17, 15) is 14.4 Å². The zero-order chi connectivity index (χ0) is 18.0. The van der Waals surface area contributed by atoms with Crippen molar-refractivity contribution in [2.45, 2.75) is 25.8 Å². The number of amides is 3. The van der Waals surface area contributed by atoms with Gasteiger partial charge in [-0.1, -0.05) is 18.2 Å². The van der Waals surface area contributed by atoms with Gasteiger partial charge in [-0.2, -0.15) is 0 Å². The monoisotopic (exact) mass is 343 g/mol. The first-order valence-corrected chi connectivity index (χ1v) is 8.26. The molecule has 2 unspecified atom stereocenters. The Morgan fingerprint density at radius 3 is 2.64 bits per heavy atom. The number of carbonyl (C=O) groups excluding carboxylic acids is 3. The summed E-state index contributed by atoms with van der Waals surface area (Å²) in [7, 11) is 0. The molecular weight excluding hydrogens is 322 g/mol. The summed E-state index contributed by atoms with van der Waals surface area (Å²) in [5.74, 6) is -1.22. The third-order valence-electron chi connectivity index (χ3n) is 4.60. The van der Waals surface area contributed by atoms with Crippen LogP contribution in [0.4, 0.5) is 5.69 Å². The van der Waals surface area contributed by atoms with Crippen LogP contribution in [0.25, 0.3) is 0 Å². The summed E-state index contributed by atoms with van der Waals surface area (Å²) in [5, 5.41) is 1.32. The Morgan fingerprint density at radius 2 is 1.96 bits per heavy atom. The number of benzene rings is 1. The van der Waals surface area contributed by atoms with Gasteiger partial charge in [0.15, 0.2) is 0 Å². The number of nitrogens with two attached hydrogens (primary N) is 1. The number of piperidine rings is 1. The predicted octanol–water partition coefficient (Wildman–Crippen LogP) is 0.0487. The van der Waals surface area contributed by atoms with Gasteiger partial charge in [0, 0.05) is 12.6 Å². The third-order valence-corrected chi connectivity index (χ3v) is 4.60. The van der Waals surface area contributed by atoms with E-state index in [-0.39, 0.29) is 42.7 Å². The van der Waals surface area contributed by atoms with E-state index < -0.39 is 5.91 Å². The Bertz CT molecular complexity index is 718. The summed E-state index contributed by atoms with van der Waals surface area (Å²) in [4.78, 5) is 42.1. The van der Waals surface area contributed by atoms with Crippen LogP contribution in [0.1, 0.15) is 19.8 Å². The molecule has 3 rings (SSSR count). The summed E-state index contributed by atoms with van der Waals surface area (Å²) >= 11 is 0. The van der Waals surface area contributed by atoms with E-state index in [1.807, 2.05) is 25.1 Å². The number of likely N-dealkylation sites (tertiary alicyclic amines) is 1. The maximum absolute atomic E-state index is 12.9. The van der Waals surface area contributed by atoms with Gasteiger partial charge in [-0.25, -0.2) is 5.01 Å². The van der Waals surface area contributed by atoms with Crippen molar-refractivity contribution in [3.8, 4) is 0 Å². The highest BCUT2D eigenvalue weighted by molar-refractivity contribution is 6.39. The van der Waals surface area contributed by atoms with E-state index in [1.165, 1.54) is 5.01 Å². The van der Waals surface area contributed by atoms with Crippen molar-refractivity contribution in [3.05, 3.63) is 30.3 Å². The Hall–Kier alpha value is -2.90. The zero-order valence-corrected chi connectivity index (χ0v) is 14.0. The fraction of sp³-hybridized carbons (Fsp3) is 0.412. The average molecular weight is 343 g/mol. The first-order valence-electron chi connectivity index (χ1n) is 8.26. The maximum Gasteiger partial charge on any atom is 0.290 e. The molecule has 3 amide bonds. The molecule has 25 heavy (non-hydrogen) atoms. The van der Waals surface area contributed by atoms with Crippen LogP contribution in [0.2, 0.25) is 0 Å². The third kappa shape index (κ3) is 3.47. The lowest BCUT2D eigenvalue weighted by Crippen LogP contribution is -2.59. The molecule has 1 aromatic rings. The van der Waals surface area contributed by atoms with Gasteiger partial charge < -0.3 is 10.6 Å². The van der Waals surface area contributed by atoms with Gasteiger partial charge >= 0.3 is 0 Å². The van der Waals surface area contributed by atoms with Crippen LogP contribution in [0, 0.1) is 5.92 Å². The minimum absolute atomic E-state index is 0.0181. The molecule has 132 valence electrons. The number of anilines is 1. The highest BCUT2D eigenvalue weighted by Crippen LogP contribution is 2.22. The van der Waals surface area contributed by atoms with Crippen LogP contribution < -0.4 is 16.2 Å².